The molecule has 1 amide bonds. The number of nitrogens with zero attached hydrogens (tertiary/aromatic N) is 3. The van der Waals surface area contributed by atoms with Gasteiger partial charge in [0.05, 0.1) is 6.04 Å². The number of rotatable bonds is 2. The van der Waals surface area contributed by atoms with Crippen LogP contribution < -0.4 is 0 Å². The third kappa shape index (κ3) is 2.70. The smallest absolute Gasteiger partial charge is 0.254 e. The molecule has 4 heteroatoms. The predicted molar refractivity (Wildman–Crippen MR) is 94.7 cm³/mol. The quantitative estimate of drug-likeness (QED) is 0.832. The van der Waals surface area contributed by atoms with Crippen LogP contribution in [0.4, 0.5) is 0 Å². The van der Waals surface area contributed by atoms with Crippen LogP contribution in [0.2, 0.25) is 0 Å². The highest BCUT2D eigenvalue weighted by molar-refractivity contribution is 5.95. The summed E-state index contributed by atoms with van der Waals surface area (Å²) in [5.74, 6) is 0.00366. The van der Waals surface area contributed by atoms with Crippen molar-refractivity contribution in [1.82, 2.24) is 9.88 Å². The van der Waals surface area contributed by atoms with E-state index >= 15 is 0 Å². The minimum atomic E-state index is 0.00366. The van der Waals surface area contributed by atoms with Crippen LogP contribution in [0.3, 0.4) is 0 Å². The second-order valence-electron chi connectivity index (χ2n) is 7.21. The first kappa shape index (κ1) is 15.8. The lowest BCUT2D eigenvalue weighted by atomic mass is 9.61. The van der Waals surface area contributed by atoms with Gasteiger partial charge in [-0.05, 0) is 30.5 Å². The highest BCUT2D eigenvalue weighted by Gasteiger charge is 2.54. The molecule has 1 unspecified atom stereocenters. The third-order valence-corrected chi connectivity index (χ3v) is 5.72. The monoisotopic (exact) mass is 331 g/mol. The summed E-state index contributed by atoms with van der Waals surface area (Å²) in [7, 11) is 0. The first-order chi connectivity index (χ1) is 12.2. The molecule has 1 aromatic carbocycles. The van der Waals surface area contributed by atoms with Gasteiger partial charge >= 0.3 is 0 Å². The third-order valence-electron chi connectivity index (χ3n) is 5.72. The first-order valence-electron chi connectivity index (χ1n) is 8.96. The van der Waals surface area contributed by atoms with E-state index in [0.29, 0.717) is 5.56 Å². The molecular weight excluding hydrogens is 310 g/mol. The van der Waals surface area contributed by atoms with Gasteiger partial charge in [-0.2, -0.15) is 5.26 Å². The number of carbonyl (C=O) groups excluding carboxylic acids is 1. The van der Waals surface area contributed by atoms with Gasteiger partial charge in [-0.15, -0.1) is 0 Å². The number of amides is 1. The number of likely N-dealkylation sites (tertiary alicyclic amines) is 1. The van der Waals surface area contributed by atoms with Gasteiger partial charge in [0.2, 0.25) is 0 Å². The maximum Gasteiger partial charge on any atom is 0.254 e. The van der Waals surface area contributed by atoms with E-state index in [2.05, 4.69) is 17.1 Å². The topological polar surface area (TPSA) is 57.0 Å². The molecule has 4 nitrogen and oxygen atoms in total. The molecule has 0 radical (unpaired) electrons. The van der Waals surface area contributed by atoms with Crippen molar-refractivity contribution in [2.75, 3.05) is 6.54 Å². The molecule has 1 saturated carbocycles. The predicted octanol–water partition coefficient (Wildman–Crippen LogP) is 4.10. The van der Waals surface area contributed by atoms with Crippen molar-refractivity contribution in [3.05, 3.63) is 65.5 Å². The van der Waals surface area contributed by atoms with E-state index in [1.54, 1.807) is 18.3 Å². The molecule has 1 aromatic heterocycles. The summed E-state index contributed by atoms with van der Waals surface area (Å²) in [4.78, 5) is 19.0. The first-order valence-corrected chi connectivity index (χ1v) is 8.96. The highest BCUT2D eigenvalue weighted by atomic mass is 16.2. The van der Waals surface area contributed by atoms with Crippen LogP contribution in [0, 0.1) is 16.7 Å². The minimum absolute atomic E-state index is 0.00366. The van der Waals surface area contributed by atoms with Crippen molar-refractivity contribution in [2.45, 2.75) is 38.1 Å². The number of hydrogen-bond donors (Lipinski definition) is 0. The van der Waals surface area contributed by atoms with Gasteiger partial charge in [-0.3, -0.25) is 4.79 Å². The van der Waals surface area contributed by atoms with Gasteiger partial charge in [0, 0.05) is 23.7 Å². The average molecular weight is 331 g/mol. The van der Waals surface area contributed by atoms with Crippen LogP contribution in [-0.4, -0.2) is 22.3 Å². The zero-order valence-electron chi connectivity index (χ0n) is 14.2. The fraction of sp³-hybridized carbons (Fsp3) is 0.381. The maximum atomic E-state index is 13.1. The Labute approximate surface area is 148 Å². The van der Waals surface area contributed by atoms with Crippen molar-refractivity contribution in [1.29, 1.82) is 5.26 Å². The molecule has 4 rings (SSSR count). The van der Waals surface area contributed by atoms with Gasteiger partial charge < -0.3 is 4.90 Å². The Morgan fingerprint density at radius 2 is 1.92 bits per heavy atom. The SMILES string of the molecule is N#Cc1cc(C(=O)N2CC3(CCCCC3)C2c2ccccc2)ccn1. The summed E-state index contributed by atoms with van der Waals surface area (Å²) >= 11 is 0. The van der Waals surface area contributed by atoms with Crippen molar-refractivity contribution >= 4 is 5.91 Å². The van der Waals surface area contributed by atoms with Gasteiger partial charge in [-0.25, -0.2) is 4.98 Å². The Morgan fingerprint density at radius 3 is 2.64 bits per heavy atom. The molecule has 1 spiro atoms. The Balaban J connectivity index is 1.67. The van der Waals surface area contributed by atoms with Crippen LogP contribution >= 0.6 is 0 Å². The summed E-state index contributed by atoms with van der Waals surface area (Å²) in [6.45, 7) is 0.815. The van der Waals surface area contributed by atoms with E-state index < -0.39 is 0 Å². The van der Waals surface area contributed by atoms with Crippen molar-refractivity contribution < 1.29 is 4.79 Å². The summed E-state index contributed by atoms with van der Waals surface area (Å²) in [6.07, 6.45) is 7.72. The Bertz CT molecular complexity index is 819. The van der Waals surface area contributed by atoms with Crippen LogP contribution in [0.15, 0.2) is 48.7 Å². The second-order valence-corrected chi connectivity index (χ2v) is 7.21. The Kier molecular flexibility index (Phi) is 4.01. The summed E-state index contributed by atoms with van der Waals surface area (Å²) in [5.41, 5.74) is 2.28. The van der Waals surface area contributed by atoms with Crippen LogP contribution in [0.25, 0.3) is 0 Å². The van der Waals surface area contributed by atoms with E-state index in [4.69, 9.17) is 5.26 Å². The number of nitriles is 1. The molecular formula is C21H21N3O. The van der Waals surface area contributed by atoms with Gasteiger partial charge in [0.1, 0.15) is 11.8 Å². The van der Waals surface area contributed by atoms with Crippen LogP contribution in [-0.2, 0) is 0 Å². The lowest BCUT2D eigenvalue weighted by Gasteiger charge is -2.59. The number of carbonyl (C=O) groups is 1. The zero-order valence-corrected chi connectivity index (χ0v) is 14.2. The fourth-order valence-electron chi connectivity index (χ4n) is 4.57. The highest BCUT2D eigenvalue weighted by Crippen LogP contribution is 2.57. The molecule has 1 saturated heterocycles. The van der Waals surface area contributed by atoms with Crippen molar-refractivity contribution in [3.63, 3.8) is 0 Å². The summed E-state index contributed by atoms with van der Waals surface area (Å²) < 4.78 is 0. The molecule has 1 atom stereocenters. The largest absolute Gasteiger partial charge is 0.330 e. The van der Waals surface area contributed by atoms with Gasteiger partial charge in [-0.1, -0.05) is 49.6 Å². The van der Waals surface area contributed by atoms with Gasteiger partial charge in [0.25, 0.3) is 5.91 Å². The van der Waals surface area contributed by atoms with E-state index in [1.165, 1.54) is 37.7 Å². The molecule has 0 bridgehead atoms. The normalized spacial score (nSPS) is 21.4. The molecule has 0 N–H and O–H groups in total. The standard InChI is InChI=1S/C21H21N3O/c22-14-18-13-17(9-12-23-18)20(25)24-15-21(10-5-2-6-11-21)19(24)16-7-3-1-4-8-16/h1,3-4,7-9,12-13,19H,2,5-6,10-11,15H2. The summed E-state index contributed by atoms with van der Waals surface area (Å²) in [6, 6.07) is 15.8. The second kappa shape index (κ2) is 6.33. The van der Waals surface area contributed by atoms with E-state index in [-0.39, 0.29) is 23.1 Å². The molecule has 2 heterocycles. The zero-order chi connectivity index (χ0) is 17.3. The van der Waals surface area contributed by atoms with Crippen LogP contribution in [0.5, 0.6) is 0 Å². The maximum absolute atomic E-state index is 13.1. The molecule has 25 heavy (non-hydrogen) atoms. The molecule has 1 aliphatic carbocycles. The number of hydrogen-bond acceptors (Lipinski definition) is 3. The van der Waals surface area contributed by atoms with Crippen molar-refractivity contribution in [3.8, 4) is 6.07 Å². The summed E-state index contributed by atoms with van der Waals surface area (Å²) in [5, 5.41) is 9.04. The molecule has 2 aliphatic rings. The lowest BCUT2D eigenvalue weighted by molar-refractivity contribution is -0.0770. The molecule has 2 fully saturated rings. The average Bonchev–Trinajstić information content (AvgIpc) is 2.67. The van der Waals surface area contributed by atoms with Crippen molar-refractivity contribution in [2.24, 2.45) is 5.41 Å². The van der Waals surface area contributed by atoms with Gasteiger partial charge in [0.15, 0.2) is 0 Å². The Morgan fingerprint density at radius 1 is 1.16 bits per heavy atom. The van der Waals surface area contributed by atoms with E-state index in [9.17, 15) is 4.79 Å². The molecule has 1 aliphatic heterocycles. The van der Waals surface area contributed by atoms with Crippen LogP contribution in [0.1, 0.15) is 59.8 Å². The van der Waals surface area contributed by atoms with E-state index in [0.717, 1.165) is 6.54 Å². The fourth-order valence-corrected chi connectivity index (χ4v) is 4.57. The molecule has 126 valence electrons. The number of pyridine rings is 1. The number of aromatic nitrogens is 1. The minimum Gasteiger partial charge on any atom is -0.330 e. The molecule has 2 aromatic rings. The Hall–Kier alpha value is -2.67. The number of benzene rings is 1. The van der Waals surface area contributed by atoms with E-state index in [1.807, 2.05) is 29.2 Å². The lowest BCUT2D eigenvalue weighted by Crippen LogP contribution is -2.61.